The minimum absolute atomic E-state index is 0.00981. The molecule has 0 saturated heterocycles. The third-order valence-electron chi connectivity index (χ3n) is 2.69. The molecule has 0 fully saturated rings. The van der Waals surface area contributed by atoms with Gasteiger partial charge in [-0.1, -0.05) is 12.1 Å². The SMILES string of the molecule is C[C@H](NCC(=O)Nc1ccccc1I)c1ccco1. The van der Waals surface area contributed by atoms with Crippen LogP contribution < -0.4 is 10.6 Å². The lowest BCUT2D eigenvalue weighted by Crippen LogP contribution is -2.30. The standard InChI is InChI=1S/C14H15IN2O2/c1-10(13-7-4-8-19-13)16-9-14(18)17-12-6-3-2-5-11(12)15/h2-8,10,16H,9H2,1H3,(H,17,18)/t10-/m0/s1. The van der Waals surface area contributed by atoms with Gasteiger partial charge in [-0.2, -0.15) is 0 Å². The molecule has 2 aromatic rings. The zero-order valence-corrected chi connectivity index (χ0v) is 12.7. The molecule has 1 heterocycles. The van der Waals surface area contributed by atoms with Gasteiger partial charge in [0.25, 0.3) is 0 Å². The van der Waals surface area contributed by atoms with E-state index in [-0.39, 0.29) is 18.5 Å². The molecule has 0 unspecified atom stereocenters. The lowest BCUT2D eigenvalue weighted by Gasteiger charge is -2.12. The number of carbonyl (C=O) groups excluding carboxylic acids is 1. The fourth-order valence-electron chi connectivity index (χ4n) is 1.64. The van der Waals surface area contributed by atoms with Crippen LogP contribution in [0.25, 0.3) is 0 Å². The largest absolute Gasteiger partial charge is 0.468 e. The molecule has 1 aromatic heterocycles. The number of hydrogen-bond acceptors (Lipinski definition) is 3. The number of hydrogen-bond donors (Lipinski definition) is 2. The molecule has 2 rings (SSSR count). The molecule has 0 aliphatic heterocycles. The van der Waals surface area contributed by atoms with Crippen LogP contribution in [0.3, 0.4) is 0 Å². The Morgan fingerprint density at radius 3 is 2.79 bits per heavy atom. The smallest absolute Gasteiger partial charge is 0.238 e. The first kappa shape index (κ1) is 14.1. The van der Waals surface area contributed by atoms with Gasteiger partial charge in [-0.15, -0.1) is 0 Å². The van der Waals surface area contributed by atoms with E-state index in [0.29, 0.717) is 0 Å². The van der Waals surface area contributed by atoms with E-state index < -0.39 is 0 Å². The predicted octanol–water partition coefficient (Wildman–Crippen LogP) is 3.17. The van der Waals surface area contributed by atoms with Crippen molar-refractivity contribution in [1.29, 1.82) is 0 Å². The van der Waals surface area contributed by atoms with Gasteiger partial charge in [0, 0.05) is 3.57 Å². The van der Waals surface area contributed by atoms with Crippen molar-refractivity contribution in [1.82, 2.24) is 5.32 Å². The van der Waals surface area contributed by atoms with Crippen LogP contribution in [0, 0.1) is 3.57 Å². The summed E-state index contributed by atoms with van der Waals surface area (Å²) in [7, 11) is 0. The Morgan fingerprint density at radius 2 is 2.11 bits per heavy atom. The second-order valence-electron chi connectivity index (χ2n) is 4.15. The molecule has 0 aliphatic carbocycles. The number of amides is 1. The normalized spacial score (nSPS) is 12.1. The molecule has 0 saturated carbocycles. The molecule has 1 aromatic carbocycles. The Labute approximate surface area is 125 Å². The van der Waals surface area contributed by atoms with Crippen molar-refractivity contribution in [2.24, 2.45) is 0 Å². The first-order chi connectivity index (χ1) is 9.16. The van der Waals surface area contributed by atoms with Crippen molar-refractivity contribution < 1.29 is 9.21 Å². The summed E-state index contributed by atoms with van der Waals surface area (Å²) >= 11 is 2.19. The number of nitrogens with one attached hydrogen (secondary N) is 2. The number of anilines is 1. The van der Waals surface area contributed by atoms with Crippen LogP contribution in [-0.2, 0) is 4.79 Å². The van der Waals surface area contributed by atoms with E-state index in [0.717, 1.165) is 15.0 Å². The Kier molecular flexibility index (Phi) is 4.98. The predicted molar refractivity (Wildman–Crippen MR) is 82.9 cm³/mol. The number of para-hydroxylation sites is 1. The Bertz CT molecular complexity index is 540. The third kappa shape index (κ3) is 4.07. The van der Waals surface area contributed by atoms with Crippen molar-refractivity contribution in [2.75, 3.05) is 11.9 Å². The van der Waals surface area contributed by atoms with Gasteiger partial charge >= 0.3 is 0 Å². The third-order valence-corrected chi connectivity index (χ3v) is 3.63. The van der Waals surface area contributed by atoms with Crippen molar-refractivity contribution in [3.05, 3.63) is 52.0 Å². The van der Waals surface area contributed by atoms with E-state index in [1.54, 1.807) is 6.26 Å². The lowest BCUT2D eigenvalue weighted by molar-refractivity contribution is -0.115. The fraction of sp³-hybridized carbons (Fsp3) is 0.214. The fourth-order valence-corrected chi connectivity index (χ4v) is 2.16. The molecule has 2 N–H and O–H groups in total. The quantitative estimate of drug-likeness (QED) is 0.795. The highest BCUT2D eigenvalue weighted by Crippen LogP contribution is 2.17. The molecule has 0 bridgehead atoms. The average Bonchev–Trinajstić information content (AvgIpc) is 2.93. The van der Waals surface area contributed by atoms with Gasteiger partial charge in [-0.25, -0.2) is 0 Å². The van der Waals surface area contributed by atoms with Crippen LogP contribution in [0.5, 0.6) is 0 Å². The van der Waals surface area contributed by atoms with Crippen LogP contribution in [0.2, 0.25) is 0 Å². The molecule has 5 heteroatoms. The van der Waals surface area contributed by atoms with Gasteiger partial charge in [0.05, 0.1) is 24.5 Å². The second kappa shape index (κ2) is 6.72. The van der Waals surface area contributed by atoms with Crippen molar-refractivity contribution in [3.8, 4) is 0 Å². The summed E-state index contributed by atoms with van der Waals surface area (Å²) in [6.07, 6.45) is 1.62. The van der Waals surface area contributed by atoms with Crippen LogP contribution in [0.4, 0.5) is 5.69 Å². The minimum atomic E-state index is -0.0671. The lowest BCUT2D eigenvalue weighted by atomic mass is 10.2. The van der Waals surface area contributed by atoms with Gasteiger partial charge in [-0.05, 0) is 53.8 Å². The minimum Gasteiger partial charge on any atom is -0.468 e. The van der Waals surface area contributed by atoms with Crippen LogP contribution in [-0.4, -0.2) is 12.5 Å². The maximum atomic E-state index is 11.8. The van der Waals surface area contributed by atoms with Gasteiger partial charge < -0.3 is 9.73 Å². The summed E-state index contributed by atoms with van der Waals surface area (Å²) < 4.78 is 6.29. The van der Waals surface area contributed by atoms with Crippen molar-refractivity contribution >= 4 is 34.2 Å². The number of halogens is 1. The Balaban J connectivity index is 1.84. The molecule has 4 nitrogen and oxygen atoms in total. The highest BCUT2D eigenvalue weighted by atomic mass is 127. The topological polar surface area (TPSA) is 54.3 Å². The molecule has 100 valence electrons. The summed E-state index contributed by atoms with van der Waals surface area (Å²) in [5.41, 5.74) is 0.834. The molecule has 1 amide bonds. The zero-order chi connectivity index (χ0) is 13.7. The summed E-state index contributed by atoms with van der Waals surface area (Å²) in [4.78, 5) is 11.8. The highest BCUT2D eigenvalue weighted by Gasteiger charge is 2.10. The maximum Gasteiger partial charge on any atom is 0.238 e. The first-order valence-corrected chi connectivity index (χ1v) is 7.06. The van der Waals surface area contributed by atoms with E-state index >= 15 is 0 Å². The van der Waals surface area contributed by atoms with Crippen molar-refractivity contribution in [3.63, 3.8) is 0 Å². The molecule has 0 spiro atoms. The monoisotopic (exact) mass is 370 g/mol. The number of carbonyl (C=O) groups is 1. The van der Waals surface area contributed by atoms with E-state index in [1.165, 1.54) is 0 Å². The van der Waals surface area contributed by atoms with Crippen LogP contribution >= 0.6 is 22.6 Å². The van der Waals surface area contributed by atoms with E-state index in [2.05, 4.69) is 33.2 Å². The molecule has 0 aliphatic rings. The summed E-state index contributed by atoms with van der Waals surface area (Å²) in [5.74, 6) is 0.754. The summed E-state index contributed by atoms with van der Waals surface area (Å²) in [6.45, 7) is 2.20. The van der Waals surface area contributed by atoms with Crippen molar-refractivity contribution in [2.45, 2.75) is 13.0 Å². The van der Waals surface area contributed by atoms with Gasteiger partial charge in [-0.3, -0.25) is 10.1 Å². The molecule has 19 heavy (non-hydrogen) atoms. The van der Waals surface area contributed by atoms with Gasteiger partial charge in [0.15, 0.2) is 0 Å². The number of furan rings is 1. The zero-order valence-electron chi connectivity index (χ0n) is 10.5. The van der Waals surface area contributed by atoms with Gasteiger partial charge in [0.2, 0.25) is 5.91 Å². The average molecular weight is 370 g/mol. The first-order valence-electron chi connectivity index (χ1n) is 5.98. The van der Waals surface area contributed by atoms with Gasteiger partial charge in [0.1, 0.15) is 5.76 Å². The summed E-state index contributed by atoms with van der Waals surface area (Å²) in [6, 6.07) is 11.4. The van der Waals surface area contributed by atoms with E-state index in [1.807, 2.05) is 43.3 Å². The van der Waals surface area contributed by atoms with E-state index in [4.69, 9.17) is 4.42 Å². The Hall–Kier alpha value is -1.34. The van der Waals surface area contributed by atoms with Crippen LogP contribution in [0.15, 0.2) is 47.1 Å². The maximum absolute atomic E-state index is 11.8. The Morgan fingerprint density at radius 1 is 1.32 bits per heavy atom. The molecular weight excluding hydrogens is 355 g/mol. The molecule has 1 atom stereocenters. The van der Waals surface area contributed by atoms with Crippen LogP contribution in [0.1, 0.15) is 18.7 Å². The molecular formula is C14H15IN2O2. The molecule has 0 radical (unpaired) electrons. The highest BCUT2D eigenvalue weighted by molar-refractivity contribution is 14.1. The summed E-state index contributed by atoms with van der Waals surface area (Å²) in [5, 5.41) is 5.99. The number of benzene rings is 1. The van der Waals surface area contributed by atoms with E-state index in [9.17, 15) is 4.79 Å². The second-order valence-corrected chi connectivity index (χ2v) is 5.31. The number of rotatable bonds is 5.